The lowest BCUT2D eigenvalue weighted by molar-refractivity contribution is 0.0986. The molecule has 0 aliphatic carbocycles. The average Bonchev–Trinajstić information content (AvgIpc) is 2.84. The highest BCUT2D eigenvalue weighted by Gasteiger charge is 2.27. The van der Waals surface area contributed by atoms with Gasteiger partial charge in [-0.25, -0.2) is 0 Å². The molecule has 19 heavy (non-hydrogen) atoms. The van der Waals surface area contributed by atoms with Gasteiger partial charge in [0, 0.05) is 29.7 Å². The minimum atomic E-state index is -0.232. The van der Waals surface area contributed by atoms with E-state index in [1.165, 1.54) is 18.5 Å². The minimum absolute atomic E-state index is 0.107. The third-order valence-electron chi connectivity index (χ3n) is 3.34. The molecule has 5 nitrogen and oxygen atoms in total. The third-order valence-corrected chi connectivity index (χ3v) is 3.34. The van der Waals surface area contributed by atoms with E-state index in [-0.39, 0.29) is 17.2 Å². The van der Waals surface area contributed by atoms with E-state index in [0.717, 1.165) is 17.7 Å². The van der Waals surface area contributed by atoms with Gasteiger partial charge in [-0.05, 0) is 24.6 Å². The number of aromatic nitrogens is 1. The number of pyridine rings is 1. The summed E-state index contributed by atoms with van der Waals surface area (Å²) < 4.78 is 0. The molecule has 2 aromatic rings. The van der Waals surface area contributed by atoms with E-state index in [4.69, 9.17) is 5.73 Å². The number of nitrogens with zero attached hydrogens (tertiary/aromatic N) is 2. The summed E-state index contributed by atoms with van der Waals surface area (Å²) in [5.74, 6) is -0.339. The van der Waals surface area contributed by atoms with Crippen LogP contribution in [0, 0.1) is 0 Å². The lowest BCUT2D eigenvalue weighted by Gasteiger charge is -2.18. The van der Waals surface area contributed by atoms with Gasteiger partial charge in [-0.1, -0.05) is 6.07 Å². The number of benzene rings is 1. The molecule has 5 heteroatoms. The van der Waals surface area contributed by atoms with Crippen molar-refractivity contribution in [3.05, 3.63) is 47.8 Å². The first-order valence-corrected chi connectivity index (χ1v) is 6.00. The number of fused-ring (bicyclic) bond motifs is 1. The Morgan fingerprint density at radius 3 is 3.00 bits per heavy atom. The predicted octanol–water partition coefficient (Wildman–Crippen LogP) is 1.57. The van der Waals surface area contributed by atoms with Gasteiger partial charge in [0.1, 0.15) is 5.75 Å². The number of aromatic hydroxyl groups is 1. The Morgan fingerprint density at radius 2 is 2.21 bits per heavy atom. The Hall–Kier alpha value is -2.56. The highest BCUT2D eigenvalue weighted by atomic mass is 16.3. The van der Waals surface area contributed by atoms with Crippen molar-refractivity contribution >= 4 is 17.3 Å². The molecule has 2 heterocycles. The second kappa shape index (κ2) is 4.28. The molecular weight excluding hydrogens is 242 g/mol. The first-order chi connectivity index (χ1) is 9.18. The second-order valence-corrected chi connectivity index (χ2v) is 4.44. The molecule has 1 amide bonds. The van der Waals surface area contributed by atoms with E-state index < -0.39 is 0 Å². The smallest absolute Gasteiger partial charge is 0.262 e. The van der Waals surface area contributed by atoms with Gasteiger partial charge in [0.25, 0.3) is 5.91 Å². The molecule has 1 aromatic carbocycles. The number of hydrogen-bond donors (Lipinski definition) is 2. The molecule has 0 radical (unpaired) electrons. The van der Waals surface area contributed by atoms with Crippen LogP contribution in [-0.2, 0) is 6.42 Å². The van der Waals surface area contributed by atoms with Gasteiger partial charge in [-0.2, -0.15) is 0 Å². The summed E-state index contributed by atoms with van der Waals surface area (Å²) in [5.41, 5.74) is 8.67. The monoisotopic (exact) mass is 255 g/mol. The maximum atomic E-state index is 12.4. The maximum Gasteiger partial charge on any atom is 0.262 e. The normalized spacial score (nSPS) is 13.4. The molecule has 1 aromatic heterocycles. The Bertz CT molecular complexity index is 655. The van der Waals surface area contributed by atoms with Crippen LogP contribution in [0.25, 0.3) is 0 Å². The van der Waals surface area contributed by atoms with Crippen LogP contribution >= 0.6 is 0 Å². The van der Waals surface area contributed by atoms with Crippen molar-refractivity contribution < 1.29 is 9.90 Å². The van der Waals surface area contributed by atoms with Gasteiger partial charge in [0.15, 0.2) is 0 Å². The van der Waals surface area contributed by atoms with E-state index >= 15 is 0 Å². The van der Waals surface area contributed by atoms with Crippen molar-refractivity contribution in [2.24, 2.45) is 0 Å². The number of carbonyl (C=O) groups excluding carboxylic acids is 1. The molecule has 0 atom stereocenters. The molecule has 0 fully saturated rings. The predicted molar refractivity (Wildman–Crippen MR) is 72.1 cm³/mol. The summed E-state index contributed by atoms with van der Waals surface area (Å²) in [4.78, 5) is 17.9. The average molecular weight is 255 g/mol. The fourth-order valence-electron chi connectivity index (χ4n) is 2.38. The van der Waals surface area contributed by atoms with E-state index in [9.17, 15) is 9.90 Å². The van der Waals surface area contributed by atoms with E-state index in [1.54, 1.807) is 4.90 Å². The van der Waals surface area contributed by atoms with Gasteiger partial charge < -0.3 is 15.7 Å². The van der Waals surface area contributed by atoms with Gasteiger partial charge in [0.2, 0.25) is 0 Å². The molecule has 1 aliphatic heterocycles. The van der Waals surface area contributed by atoms with E-state index in [0.29, 0.717) is 12.2 Å². The lowest BCUT2D eigenvalue weighted by Crippen LogP contribution is -2.28. The van der Waals surface area contributed by atoms with Crippen LogP contribution in [0.2, 0.25) is 0 Å². The Morgan fingerprint density at radius 1 is 1.37 bits per heavy atom. The van der Waals surface area contributed by atoms with Crippen molar-refractivity contribution in [2.45, 2.75) is 6.42 Å². The number of carbonyl (C=O) groups is 1. The molecule has 1 aliphatic rings. The highest BCUT2D eigenvalue weighted by molar-refractivity contribution is 6.09. The van der Waals surface area contributed by atoms with Crippen LogP contribution in [0.4, 0.5) is 11.4 Å². The second-order valence-electron chi connectivity index (χ2n) is 4.44. The molecule has 3 rings (SSSR count). The zero-order chi connectivity index (χ0) is 13.4. The number of nitrogen functional groups attached to an aromatic ring is 1. The van der Waals surface area contributed by atoms with Gasteiger partial charge >= 0.3 is 0 Å². The van der Waals surface area contributed by atoms with Crippen LogP contribution < -0.4 is 10.6 Å². The highest BCUT2D eigenvalue weighted by Crippen LogP contribution is 2.33. The first kappa shape index (κ1) is 11.5. The number of anilines is 2. The number of nitrogens with two attached hydrogens (primary N) is 1. The zero-order valence-electron chi connectivity index (χ0n) is 10.2. The Balaban J connectivity index is 2.01. The number of amides is 1. The lowest BCUT2D eigenvalue weighted by atomic mass is 10.1. The summed E-state index contributed by atoms with van der Waals surface area (Å²) in [7, 11) is 0. The summed E-state index contributed by atoms with van der Waals surface area (Å²) in [5, 5.41) is 9.71. The summed E-state index contributed by atoms with van der Waals surface area (Å²) >= 11 is 0. The van der Waals surface area contributed by atoms with Crippen LogP contribution in [0.3, 0.4) is 0 Å². The summed E-state index contributed by atoms with van der Waals surface area (Å²) in [6, 6.07) is 7.04. The molecule has 0 saturated carbocycles. The van der Waals surface area contributed by atoms with Gasteiger partial charge in [-0.3, -0.25) is 9.78 Å². The van der Waals surface area contributed by atoms with Crippen LogP contribution in [0.1, 0.15) is 15.9 Å². The molecule has 0 unspecified atom stereocenters. The van der Waals surface area contributed by atoms with Gasteiger partial charge in [0.05, 0.1) is 11.8 Å². The van der Waals surface area contributed by atoms with Crippen molar-refractivity contribution in [1.82, 2.24) is 4.98 Å². The summed E-state index contributed by atoms with van der Waals surface area (Å²) in [6.07, 6.45) is 3.49. The van der Waals surface area contributed by atoms with Crippen LogP contribution in [-0.4, -0.2) is 22.5 Å². The fourth-order valence-corrected chi connectivity index (χ4v) is 2.38. The zero-order valence-corrected chi connectivity index (χ0v) is 10.2. The van der Waals surface area contributed by atoms with Gasteiger partial charge in [-0.15, -0.1) is 0 Å². The van der Waals surface area contributed by atoms with E-state index in [2.05, 4.69) is 4.98 Å². The van der Waals surface area contributed by atoms with E-state index in [1.807, 2.05) is 18.2 Å². The number of hydrogen-bond acceptors (Lipinski definition) is 4. The fraction of sp³-hybridized carbons (Fsp3) is 0.143. The molecule has 0 spiro atoms. The van der Waals surface area contributed by atoms with Crippen LogP contribution in [0.15, 0.2) is 36.7 Å². The molecular formula is C14H13N3O2. The third kappa shape index (κ3) is 1.79. The molecule has 96 valence electrons. The molecule has 3 N–H and O–H groups in total. The van der Waals surface area contributed by atoms with Crippen molar-refractivity contribution in [1.29, 1.82) is 0 Å². The molecule has 0 bridgehead atoms. The standard InChI is InChI=1S/C14H13N3O2/c15-11-2-1-3-12-9(11)5-7-17(12)14(19)10-4-6-16-8-13(10)18/h1-4,6,8,18H,5,7,15H2. The summed E-state index contributed by atoms with van der Waals surface area (Å²) in [6.45, 7) is 0.574. The quantitative estimate of drug-likeness (QED) is 0.758. The largest absolute Gasteiger partial charge is 0.505 e. The SMILES string of the molecule is Nc1cccc2c1CCN2C(=O)c1ccncc1O. The topological polar surface area (TPSA) is 79.5 Å². The van der Waals surface area contributed by atoms with Crippen molar-refractivity contribution in [3.63, 3.8) is 0 Å². The Kier molecular flexibility index (Phi) is 2.59. The van der Waals surface area contributed by atoms with Crippen molar-refractivity contribution in [3.8, 4) is 5.75 Å². The maximum absolute atomic E-state index is 12.4. The minimum Gasteiger partial charge on any atom is -0.505 e. The Labute approximate surface area is 110 Å². The number of rotatable bonds is 1. The van der Waals surface area contributed by atoms with Crippen LogP contribution in [0.5, 0.6) is 5.75 Å². The van der Waals surface area contributed by atoms with Crippen molar-refractivity contribution in [2.75, 3.05) is 17.2 Å². The molecule has 0 saturated heterocycles. The first-order valence-electron chi connectivity index (χ1n) is 6.00.